The van der Waals surface area contributed by atoms with Gasteiger partial charge in [0.25, 0.3) is 0 Å². The number of para-hydroxylation sites is 1. The van der Waals surface area contributed by atoms with Gasteiger partial charge in [-0.15, -0.1) is 11.3 Å². The van der Waals surface area contributed by atoms with Crippen LogP contribution in [0.1, 0.15) is 17.0 Å². The molecule has 3 nitrogen and oxygen atoms in total. The summed E-state index contributed by atoms with van der Waals surface area (Å²) in [7, 11) is 0. The standard InChI is InChI=1S/C22H16ClN3S2/c1-14-11-16(15(2)26(14)18-9-7-17(23)8-10-18)12-19(13-24)27-22-25-20-5-3-4-6-21(20)28-22/h3-12H,1-2H3/b19-12+. The topological polar surface area (TPSA) is 41.6 Å². The fourth-order valence-corrected chi connectivity index (χ4v) is 5.23. The average Bonchev–Trinajstić information content (AvgIpc) is 3.22. The maximum atomic E-state index is 9.65. The summed E-state index contributed by atoms with van der Waals surface area (Å²) in [5.74, 6) is 0. The van der Waals surface area contributed by atoms with E-state index in [2.05, 4.69) is 35.5 Å². The van der Waals surface area contributed by atoms with E-state index in [1.807, 2.05) is 54.6 Å². The van der Waals surface area contributed by atoms with Gasteiger partial charge in [-0.2, -0.15) is 5.26 Å². The number of hydrogen-bond donors (Lipinski definition) is 0. The van der Waals surface area contributed by atoms with E-state index < -0.39 is 0 Å². The van der Waals surface area contributed by atoms with Gasteiger partial charge in [0, 0.05) is 22.1 Å². The van der Waals surface area contributed by atoms with Crippen LogP contribution >= 0.6 is 34.7 Å². The number of benzene rings is 2. The molecule has 138 valence electrons. The zero-order valence-electron chi connectivity index (χ0n) is 15.3. The van der Waals surface area contributed by atoms with E-state index in [1.165, 1.54) is 11.8 Å². The number of fused-ring (bicyclic) bond motifs is 1. The van der Waals surface area contributed by atoms with Gasteiger partial charge in [-0.05, 0) is 79.7 Å². The monoisotopic (exact) mass is 421 g/mol. The number of nitrogens with zero attached hydrogens (tertiary/aromatic N) is 3. The van der Waals surface area contributed by atoms with Gasteiger partial charge < -0.3 is 4.57 Å². The van der Waals surface area contributed by atoms with Crippen LogP contribution in [0.3, 0.4) is 0 Å². The molecule has 0 saturated heterocycles. The molecule has 0 N–H and O–H groups in total. The fourth-order valence-electron chi connectivity index (χ4n) is 3.14. The molecule has 0 unspecified atom stereocenters. The maximum absolute atomic E-state index is 9.65. The van der Waals surface area contributed by atoms with Crippen molar-refractivity contribution in [3.05, 3.63) is 81.5 Å². The lowest BCUT2D eigenvalue weighted by Gasteiger charge is -2.09. The third kappa shape index (κ3) is 3.72. The molecular weight excluding hydrogens is 406 g/mol. The largest absolute Gasteiger partial charge is 0.318 e. The number of nitriles is 1. The Morgan fingerprint density at radius 1 is 1.18 bits per heavy atom. The van der Waals surface area contributed by atoms with E-state index in [0.717, 1.165) is 37.2 Å². The molecule has 2 aromatic carbocycles. The number of halogens is 1. The van der Waals surface area contributed by atoms with Gasteiger partial charge in [0.2, 0.25) is 0 Å². The third-order valence-electron chi connectivity index (χ3n) is 4.42. The van der Waals surface area contributed by atoms with Gasteiger partial charge in [0.15, 0.2) is 4.34 Å². The van der Waals surface area contributed by atoms with Gasteiger partial charge in [0.1, 0.15) is 6.07 Å². The second kappa shape index (κ2) is 7.84. The Morgan fingerprint density at radius 2 is 1.93 bits per heavy atom. The molecule has 0 aliphatic rings. The minimum atomic E-state index is 0.621. The number of rotatable bonds is 4. The second-order valence-electron chi connectivity index (χ2n) is 6.31. The number of thioether (sulfide) groups is 1. The van der Waals surface area contributed by atoms with Crippen molar-refractivity contribution in [1.82, 2.24) is 9.55 Å². The molecule has 2 heterocycles. The highest BCUT2D eigenvalue weighted by Crippen LogP contribution is 2.35. The van der Waals surface area contributed by atoms with E-state index in [0.29, 0.717) is 9.93 Å². The lowest BCUT2D eigenvalue weighted by molar-refractivity contribution is 0.964. The molecule has 0 spiro atoms. The average molecular weight is 422 g/mol. The van der Waals surface area contributed by atoms with Crippen molar-refractivity contribution in [3.8, 4) is 11.8 Å². The minimum absolute atomic E-state index is 0.621. The molecule has 0 bridgehead atoms. The summed E-state index contributed by atoms with van der Waals surface area (Å²) >= 11 is 9.03. The summed E-state index contributed by atoms with van der Waals surface area (Å²) in [5, 5.41) is 10.4. The molecule has 0 radical (unpaired) electrons. The zero-order valence-corrected chi connectivity index (χ0v) is 17.7. The second-order valence-corrected chi connectivity index (χ2v) is 9.06. The summed E-state index contributed by atoms with van der Waals surface area (Å²) < 4.78 is 4.17. The molecule has 28 heavy (non-hydrogen) atoms. The fraction of sp³-hybridized carbons (Fsp3) is 0.0909. The van der Waals surface area contributed by atoms with Crippen molar-refractivity contribution in [2.45, 2.75) is 18.2 Å². The highest BCUT2D eigenvalue weighted by Gasteiger charge is 2.12. The Hall–Kier alpha value is -2.52. The summed E-state index contributed by atoms with van der Waals surface area (Å²) in [6, 6.07) is 20.2. The normalized spacial score (nSPS) is 11.7. The van der Waals surface area contributed by atoms with E-state index in [9.17, 15) is 5.26 Å². The highest BCUT2D eigenvalue weighted by atomic mass is 35.5. The molecule has 0 atom stereocenters. The first-order valence-electron chi connectivity index (χ1n) is 8.65. The van der Waals surface area contributed by atoms with Crippen LogP contribution in [-0.4, -0.2) is 9.55 Å². The van der Waals surface area contributed by atoms with E-state index in [-0.39, 0.29) is 0 Å². The quantitative estimate of drug-likeness (QED) is 0.262. The predicted octanol–water partition coefficient (Wildman–Crippen LogP) is 7.01. The molecular formula is C22H16ClN3S2. The van der Waals surface area contributed by atoms with Crippen LogP contribution in [0, 0.1) is 25.2 Å². The van der Waals surface area contributed by atoms with Crippen molar-refractivity contribution in [3.63, 3.8) is 0 Å². The summed E-state index contributed by atoms with van der Waals surface area (Å²) in [5.41, 5.74) is 5.23. The highest BCUT2D eigenvalue weighted by molar-refractivity contribution is 8.05. The lowest BCUT2D eigenvalue weighted by atomic mass is 10.2. The number of thiazole rings is 1. The predicted molar refractivity (Wildman–Crippen MR) is 119 cm³/mol. The molecule has 0 fully saturated rings. The molecule has 4 aromatic rings. The minimum Gasteiger partial charge on any atom is -0.318 e. The molecule has 6 heteroatoms. The number of allylic oxidation sites excluding steroid dienone is 1. The first-order valence-corrected chi connectivity index (χ1v) is 10.7. The number of aryl methyl sites for hydroxylation is 1. The van der Waals surface area contributed by atoms with Gasteiger partial charge in [-0.25, -0.2) is 4.98 Å². The summed E-state index contributed by atoms with van der Waals surface area (Å²) in [6.45, 7) is 4.12. The van der Waals surface area contributed by atoms with Crippen LogP contribution in [0.2, 0.25) is 5.02 Å². The van der Waals surface area contributed by atoms with Crippen molar-refractivity contribution in [1.29, 1.82) is 5.26 Å². The molecule has 0 saturated carbocycles. The number of hydrogen-bond acceptors (Lipinski definition) is 4. The van der Waals surface area contributed by atoms with E-state index in [4.69, 9.17) is 11.6 Å². The maximum Gasteiger partial charge on any atom is 0.156 e. The molecule has 0 aliphatic heterocycles. The van der Waals surface area contributed by atoms with Crippen LogP contribution in [0.5, 0.6) is 0 Å². The van der Waals surface area contributed by atoms with E-state index >= 15 is 0 Å². The smallest absolute Gasteiger partial charge is 0.156 e. The number of aromatic nitrogens is 2. The lowest BCUT2D eigenvalue weighted by Crippen LogP contribution is -1.98. The Bertz CT molecular complexity index is 1190. The van der Waals surface area contributed by atoms with Crippen molar-refractivity contribution in [2.24, 2.45) is 0 Å². The zero-order chi connectivity index (χ0) is 19.7. The first kappa shape index (κ1) is 18.8. The van der Waals surface area contributed by atoms with Crippen molar-refractivity contribution in [2.75, 3.05) is 0 Å². The molecule has 0 aliphatic carbocycles. The Kier molecular flexibility index (Phi) is 5.27. The van der Waals surface area contributed by atoms with Crippen LogP contribution < -0.4 is 0 Å². The van der Waals surface area contributed by atoms with Crippen LogP contribution in [0.25, 0.3) is 22.0 Å². The Labute approximate surface area is 176 Å². The van der Waals surface area contributed by atoms with Gasteiger partial charge in [-0.1, -0.05) is 23.7 Å². The summed E-state index contributed by atoms with van der Waals surface area (Å²) in [6.07, 6.45) is 1.94. The molecule has 2 aromatic heterocycles. The van der Waals surface area contributed by atoms with Crippen LogP contribution in [-0.2, 0) is 0 Å². The molecule has 0 amide bonds. The van der Waals surface area contributed by atoms with Gasteiger partial charge in [0.05, 0.1) is 15.1 Å². The third-order valence-corrected chi connectivity index (χ3v) is 6.70. The summed E-state index contributed by atoms with van der Waals surface area (Å²) in [4.78, 5) is 5.24. The van der Waals surface area contributed by atoms with Gasteiger partial charge in [-0.3, -0.25) is 0 Å². The van der Waals surface area contributed by atoms with Crippen molar-refractivity contribution >= 4 is 51.0 Å². The van der Waals surface area contributed by atoms with Crippen LogP contribution in [0.15, 0.2) is 63.8 Å². The van der Waals surface area contributed by atoms with Crippen LogP contribution in [0.4, 0.5) is 0 Å². The Morgan fingerprint density at radius 3 is 2.64 bits per heavy atom. The molecule has 4 rings (SSSR count). The SMILES string of the molecule is Cc1cc(/C=C(\C#N)Sc2nc3ccccc3s2)c(C)n1-c1ccc(Cl)cc1. The first-order chi connectivity index (χ1) is 13.5. The van der Waals surface area contributed by atoms with Crippen molar-refractivity contribution < 1.29 is 0 Å². The Balaban J connectivity index is 1.67. The van der Waals surface area contributed by atoms with Gasteiger partial charge >= 0.3 is 0 Å². The van der Waals surface area contributed by atoms with E-state index in [1.54, 1.807) is 11.3 Å².